The minimum Gasteiger partial charge on any atom is -0.480 e. The molecular weight excluding hydrogens is 370 g/mol. The summed E-state index contributed by atoms with van der Waals surface area (Å²) in [7, 11) is 1.60. The highest BCUT2D eigenvalue weighted by molar-refractivity contribution is 5.69. The first-order valence-corrected chi connectivity index (χ1v) is 9.25. The van der Waals surface area contributed by atoms with Gasteiger partial charge in [-0.1, -0.05) is 7.43 Å². The van der Waals surface area contributed by atoms with Gasteiger partial charge in [0.05, 0.1) is 30.8 Å². The lowest BCUT2D eigenvalue weighted by Gasteiger charge is -2.23. The Balaban J connectivity index is 0.00000240. The quantitative estimate of drug-likeness (QED) is 0.582. The van der Waals surface area contributed by atoms with Gasteiger partial charge in [-0.25, -0.2) is 4.98 Å². The number of hydrogen-bond donors (Lipinski definition) is 3. The number of aromatic nitrogens is 5. The van der Waals surface area contributed by atoms with Crippen molar-refractivity contribution in [1.82, 2.24) is 30.5 Å². The molecule has 1 saturated heterocycles. The smallest absolute Gasteiger partial charge is 0.234 e. The van der Waals surface area contributed by atoms with E-state index in [-0.39, 0.29) is 13.5 Å². The number of hydrogen-bond acceptors (Lipinski definition) is 8. The van der Waals surface area contributed by atoms with E-state index in [1.165, 1.54) is 0 Å². The third-order valence-electron chi connectivity index (χ3n) is 4.46. The van der Waals surface area contributed by atoms with Crippen LogP contribution in [-0.2, 0) is 0 Å². The lowest BCUT2D eigenvalue weighted by atomic mass is 10.1. The Morgan fingerprint density at radius 1 is 1.21 bits per heavy atom. The third-order valence-corrected chi connectivity index (χ3v) is 4.46. The number of aromatic amines is 1. The van der Waals surface area contributed by atoms with E-state index in [1.807, 2.05) is 25.1 Å². The van der Waals surface area contributed by atoms with Crippen molar-refractivity contribution in [1.29, 1.82) is 0 Å². The van der Waals surface area contributed by atoms with Gasteiger partial charge in [0, 0.05) is 18.3 Å². The summed E-state index contributed by atoms with van der Waals surface area (Å²) < 4.78 is 11.3. The summed E-state index contributed by atoms with van der Waals surface area (Å²) in [6, 6.07) is 5.73. The zero-order valence-corrected chi connectivity index (χ0v) is 15.9. The number of nitrogens with one attached hydrogen (secondary N) is 3. The van der Waals surface area contributed by atoms with Crippen LogP contribution in [0.1, 0.15) is 26.0 Å². The molecule has 0 amide bonds. The van der Waals surface area contributed by atoms with E-state index >= 15 is 0 Å². The fourth-order valence-electron chi connectivity index (χ4n) is 3.10. The fourth-order valence-corrected chi connectivity index (χ4v) is 3.10. The SMILES string of the molecule is C.COc1nc(C)ccc1-c1cc(Nc2cncc(O[C@@H]3CCCNC3)n2)[nH]n1. The van der Waals surface area contributed by atoms with Crippen LogP contribution < -0.4 is 20.1 Å². The maximum absolute atomic E-state index is 5.92. The summed E-state index contributed by atoms with van der Waals surface area (Å²) in [6.07, 6.45) is 5.51. The average molecular weight is 397 g/mol. The molecule has 1 aliphatic heterocycles. The van der Waals surface area contributed by atoms with E-state index in [0.717, 1.165) is 42.9 Å². The Morgan fingerprint density at radius 2 is 2.10 bits per heavy atom. The van der Waals surface area contributed by atoms with Crippen molar-refractivity contribution in [2.75, 3.05) is 25.5 Å². The van der Waals surface area contributed by atoms with Gasteiger partial charge in [-0.2, -0.15) is 10.1 Å². The molecule has 0 saturated carbocycles. The molecule has 0 bridgehead atoms. The molecule has 0 unspecified atom stereocenters. The Bertz CT molecular complexity index is 938. The van der Waals surface area contributed by atoms with Crippen LogP contribution >= 0.6 is 0 Å². The lowest BCUT2D eigenvalue weighted by molar-refractivity contribution is 0.160. The standard InChI is InChI=1S/C19H23N7O2.CH4/c1-12-5-6-14(19(22-12)27-2)15-8-16(26-25-15)23-17-10-21-11-18(24-17)28-13-4-3-7-20-9-13;/h5-6,8,10-11,13,20H,3-4,7,9H2,1-2H3,(H2,23,24,25,26);1H4/t13-;/m1./s1. The van der Waals surface area contributed by atoms with Gasteiger partial charge in [0.15, 0.2) is 5.82 Å². The van der Waals surface area contributed by atoms with Gasteiger partial charge >= 0.3 is 0 Å². The highest BCUT2D eigenvalue weighted by Crippen LogP contribution is 2.29. The van der Waals surface area contributed by atoms with E-state index in [1.54, 1.807) is 19.5 Å². The molecule has 3 aromatic rings. The number of H-pyrrole nitrogens is 1. The number of anilines is 2. The van der Waals surface area contributed by atoms with Gasteiger partial charge in [0.2, 0.25) is 11.8 Å². The molecule has 0 aliphatic carbocycles. The van der Waals surface area contributed by atoms with Crippen molar-refractivity contribution in [3.8, 4) is 23.0 Å². The van der Waals surface area contributed by atoms with Crippen LogP contribution in [0.2, 0.25) is 0 Å². The molecule has 3 aromatic heterocycles. The number of methoxy groups -OCH3 is 1. The molecule has 3 N–H and O–H groups in total. The average Bonchev–Trinajstić information content (AvgIpc) is 3.17. The molecule has 9 heteroatoms. The highest BCUT2D eigenvalue weighted by atomic mass is 16.5. The van der Waals surface area contributed by atoms with E-state index in [2.05, 4.69) is 35.8 Å². The summed E-state index contributed by atoms with van der Waals surface area (Å²) in [5.41, 5.74) is 2.42. The van der Waals surface area contributed by atoms with Crippen molar-refractivity contribution < 1.29 is 9.47 Å². The summed E-state index contributed by atoms with van der Waals surface area (Å²) in [5, 5.41) is 13.8. The predicted octanol–water partition coefficient (Wildman–Crippen LogP) is 3.09. The van der Waals surface area contributed by atoms with Gasteiger partial charge in [-0.3, -0.25) is 10.1 Å². The second-order valence-corrected chi connectivity index (χ2v) is 6.63. The van der Waals surface area contributed by atoms with Crippen LogP contribution in [0.15, 0.2) is 30.6 Å². The first-order chi connectivity index (χ1) is 13.7. The Labute approximate surface area is 170 Å². The molecule has 9 nitrogen and oxygen atoms in total. The Kier molecular flexibility index (Phi) is 6.61. The van der Waals surface area contributed by atoms with E-state index in [0.29, 0.717) is 23.4 Å². The van der Waals surface area contributed by atoms with Crippen LogP contribution in [0.3, 0.4) is 0 Å². The summed E-state index contributed by atoms with van der Waals surface area (Å²) in [5.74, 6) is 2.30. The molecule has 1 atom stereocenters. The second-order valence-electron chi connectivity index (χ2n) is 6.63. The number of nitrogens with zero attached hydrogens (tertiary/aromatic N) is 4. The van der Waals surface area contributed by atoms with Gasteiger partial charge in [-0.15, -0.1) is 0 Å². The Hall–Kier alpha value is -3.20. The van der Waals surface area contributed by atoms with Gasteiger partial charge < -0.3 is 20.1 Å². The zero-order valence-electron chi connectivity index (χ0n) is 15.9. The predicted molar refractivity (Wildman–Crippen MR) is 112 cm³/mol. The molecule has 29 heavy (non-hydrogen) atoms. The summed E-state index contributed by atoms with van der Waals surface area (Å²) >= 11 is 0. The van der Waals surface area contributed by atoms with Crippen LogP contribution in [0.5, 0.6) is 11.8 Å². The van der Waals surface area contributed by atoms with E-state index in [9.17, 15) is 0 Å². The summed E-state index contributed by atoms with van der Waals surface area (Å²) in [4.78, 5) is 13.1. The molecule has 154 valence electrons. The van der Waals surface area contributed by atoms with Crippen LogP contribution in [0, 0.1) is 6.92 Å². The monoisotopic (exact) mass is 397 g/mol. The van der Waals surface area contributed by atoms with Crippen molar-refractivity contribution in [3.05, 3.63) is 36.3 Å². The largest absolute Gasteiger partial charge is 0.480 e. The molecule has 4 rings (SSSR count). The summed E-state index contributed by atoms with van der Waals surface area (Å²) in [6.45, 7) is 3.78. The van der Waals surface area contributed by atoms with Gasteiger partial charge in [-0.05, 0) is 38.4 Å². The topological polar surface area (TPSA) is 110 Å². The molecule has 0 aromatic carbocycles. The molecule has 0 radical (unpaired) electrons. The molecule has 0 spiro atoms. The second kappa shape index (κ2) is 9.33. The minimum absolute atomic E-state index is 0. The first kappa shape index (κ1) is 20.5. The van der Waals surface area contributed by atoms with Crippen molar-refractivity contribution in [3.63, 3.8) is 0 Å². The fraction of sp³-hybridized carbons (Fsp3) is 0.400. The molecule has 1 aliphatic rings. The number of rotatable bonds is 6. The van der Waals surface area contributed by atoms with Crippen LogP contribution in [-0.4, -0.2) is 51.5 Å². The van der Waals surface area contributed by atoms with Gasteiger partial charge in [0.1, 0.15) is 11.9 Å². The highest BCUT2D eigenvalue weighted by Gasteiger charge is 2.16. The molecule has 1 fully saturated rings. The Morgan fingerprint density at radius 3 is 2.90 bits per heavy atom. The normalized spacial score (nSPS) is 16.0. The van der Waals surface area contributed by atoms with Crippen LogP contribution in [0.4, 0.5) is 11.6 Å². The maximum Gasteiger partial charge on any atom is 0.234 e. The van der Waals surface area contributed by atoms with Crippen molar-refractivity contribution >= 4 is 11.6 Å². The van der Waals surface area contributed by atoms with E-state index < -0.39 is 0 Å². The van der Waals surface area contributed by atoms with E-state index in [4.69, 9.17) is 9.47 Å². The first-order valence-electron chi connectivity index (χ1n) is 9.25. The number of piperidine rings is 1. The van der Waals surface area contributed by atoms with Crippen molar-refractivity contribution in [2.24, 2.45) is 0 Å². The van der Waals surface area contributed by atoms with Crippen molar-refractivity contribution in [2.45, 2.75) is 33.3 Å². The van der Waals surface area contributed by atoms with Crippen LogP contribution in [0.25, 0.3) is 11.3 Å². The maximum atomic E-state index is 5.92. The molecular formula is C20H27N7O2. The lowest BCUT2D eigenvalue weighted by Crippen LogP contribution is -2.37. The number of pyridine rings is 1. The molecule has 4 heterocycles. The number of ether oxygens (including phenoxy) is 2. The minimum atomic E-state index is 0. The van der Waals surface area contributed by atoms with Gasteiger partial charge in [0.25, 0.3) is 0 Å². The zero-order chi connectivity index (χ0) is 19.3. The number of aryl methyl sites for hydroxylation is 1. The third kappa shape index (κ3) is 5.00.